The predicted octanol–water partition coefficient (Wildman–Crippen LogP) is 4.89. The van der Waals surface area contributed by atoms with Gasteiger partial charge >= 0.3 is 6.18 Å². The van der Waals surface area contributed by atoms with E-state index in [1.54, 1.807) is 0 Å². The highest BCUT2D eigenvalue weighted by Gasteiger charge is 2.34. The molecule has 0 aliphatic heterocycles. The van der Waals surface area contributed by atoms with Crippen LogP contribution in [0.1, 0.15) is 23.1 Å². The summed E-state index contributed by atoms with van der Waals surface area (Å²) >= 11 is 5.85. The summed E-state index contributed by atoms with van der Waals surface area (Å²) in [4.78, 5) is 22.5. The number of carbonyl (C=O) groups excluding carboxylic acids is 1. The molecular formula is C17H13ClF3NO4S. The molecule has 0 spiro atoms. The van der Waals surface area contributed by atoms with E-state index in [4.69, 9.17) is 11.6 Å². The molecule has 2 unspecified atom stereocenters. The summed E-state index contributed by atoms with van der Waals surface area (Å²) in [6.07, 6.45) is -6.02. The van der Waals surface area contributed by atoms with Crippen LogP contribution in [0.25, 0.3) is 0 Å². The van der Waals surface area contributed by atoms with Gasteiger partial charge in [0.05, 0.1) is 22.7 Å². The highest BCUT2D eigenvalue weighted by molar-refractivity contribution is 8.13. The van der Waals surface area contributed by atoms with Gasteiger partial charge in [0.2, 0.25) is 0 Å². The molecular weight excluding hydrogens is 407 g/mol. The Morgan fingerprint density at radius 3 is 2.11 bits per heavy atom. The second kappa shape index (κ2) is 8.73. The zero-order valence-electron chi connectivity index (χ0n) is 13.5. The Morgan fingerprint density at radius 2 is 1.63 bits per heavy atom. The van der Waals surface area contributed by atoms with E-state index < -0.39 is 34.0 Å². The summed E-state index contributed by atoms with van der Waals surface area (Å²) in [6, 6.07) is 10.6. The third kappa shape index (κ3) is 5.95. The van der Waals surface area contributed by atoms with Crippen molar-refractivity contribution >= 4 is 34.2 Å². The molecule has 0 aliphatic rings. The Bertz CT molecular complexity index is 812. The first-order valence-electron chi connectivity index (χ1n) is 7.50. The number of alkyl halides is 3. The molecule has 0 fully saturated rings. The minimum atomic E-state index is -4.54. The lowest BCUT2D eigenvalue weighted by Gasteiger charge is -2.22. The number of benzene rings is 2. The van der Waals surface area contributed by atoms with Crippen molar-refractivity contribution in [3.63, 3.8) is 0 Å². The van der Waals surface area contributed by atoms with Gasteiger partial charge in [-0.1, -0.05) is 35.5 Å². The maximum absolute atomic E-state index is 12.5. The third-order valence-corrected chi connectivity index (χ3v) is 4.88. The highest BCUT2D eigenvalue weighted by atomic mass is 35.5. The van der Waals surface area contributed by atoms with E-state index in [0.717, 1.165) is 12.1 Å². The van der Waals surface area contributed by atoms with Crippen LogP contribution >= 0.6 is 23.4 Å². The summed E-state index contributed by atoms with van der Waals surface area (Å²) < 4.78 is 37.4. The van der Waals surface area contributed by atoms with Crippen LogP contribution < -0.4 is 0 Å². The molecule has 0 heterocycles. The Balaban J connectivity index is 2.34. The Hall–Kier alpha value is -2.10. The van der Waals surface area contributed by atoms with Crippen molar-refractivity contribution in [2.45, 2.75) is 18.2 Å². The highest BCUT2D eigenvalue weighted by Crippen LogP contribution is 2.37. The summed E-state index contributed by atoms with van der Waals surface area (Å²) in [7, 11) is 0. The minimum Gasteiger partial charge on any atom is -0.387 e. The molecule has 2 aromatic rings. The number of rotatable bonds is 6. The first kappa shape index (κ1) is 21.2. The summed E-state index contributed by atoms with van der Waals surface area (Å²) in [5.74, 6) is -2.68. The van der Waals surface area contributed by atoms with Gasteiger partial charge in [0.25, 0.3) is 5.69 Å². The number of non-ortho nitro benzene ring substituents is 1. The molecule has 2 atom stereocenters. The number of nitro benzene ring substituents is 1. The molecule has 0 amide bonds. The van der Waals surface area contributed by atoms with Crippen molar-refractivity contribution < 1.29 is 28.0 Å². The smallest absolute Gasteiger partial charge is 0.387 e. The summed E-state index contributed by atoms with van der Waals surface area (Å²) in [6.45, 7) is 0. The molecule has 5 nitrogen and oxygen atoms in total. The molecule has 0 radical (unpaired) electrons. The fraction of sp³-hybridized carbons (Fsp3) is 0.235. The Morgan fingerprint density at radius 1 is 1.11 bits per heavy atom. The van der Waals surface area contributed by atoms with Gasteiger partial charge in [-0.3, -0.25) is 14.9 Å². The van der Waals surface area contributed by atoms with Crippen molar-refractivity contribution in [1.29, 1.82) is 0 Å². The van der Waals surface area contributed by atoms with E-state index in [-0.39, 0.29) is 28.6 Å². The third-order valence-electron chi connectivity index (χ3n) is 3.62. The van der Waals surface area contributed by atoms with E-state index in [0.29, 0.717) is 5.02 Å². The van der Waals surface area contributed by atoms with E-state index in [2.05, 4.69) is 0 Å². The molecule has 10 heteroatoms. The number of aliphatic hydroxyl groups excluding tert-OH is 1. The van der Waals surface area contributed by atoms with Gasteiger partial charge in [-0.05, 0) is 35.4 Å². The largest absolute Gasteiger partial charge is 0.398 e. The number of carbonyl (C=O) groups is 1. The molecule has 2 aromatic carbocycles. The second-order valence-corrected chi connectivity index (χ2v) is 6.96. The average molecular weight is 420 g/mol. The lowest BCUT2D eigenvalue weighted by molar-refractivity contribution is -0.384. The number of nitrogens with zero attached hydrogens (tertiary/aromatic N) is 1. The van der Waals surface area contributed by atoms with Gasteiger partial charge in [0.1, 0.15) is 0 Å². The van der Waals surface area contributed by atoms with Crippen LogP contribution in [0.2, 0.25) is 5.02 Å². The van der Waals surface area contributed by atoms with Gasteiger partial charge < -0.3 is 5.11 Å². The molecule has 0 saturated heterocycles. The molecule has 0 bridgehead atoms. The number of thioether (sulfide) groups is 1. The van der Waals surface area contributed by atoms with Crippen molar-refractivity contribution in [1.82, 2.24) is 0 Å². The number of halogens is 4. The van der Waals surface area contributed by atoms with E-state index in [1.165, 1.54) is 36.4 Å². The van der Waals surface area contributed by atoms with Crippen molar-refractivity contribution in [2.75, 3.05) is 5.75 Å². The van der Waals surface area contributed by atoms with Crippen LogP contribution in [-0.2, 0) is 4.79 Å². The molecule has 0 aromatic heterocycles. The van der Waals surface area contributed by atoms with Crippen LogP contribution in [0.5, 0.6) is 0 Å². The van der Waals surface area contributed by atoms with Gasteiger partial charge in [0.15, 0.2) is 5.12 Å². The number of hydrogen-bond donors (Lipinski definition) is 1. The number of hydrogen-bond acceptors (Lipinski definition) is 5. The predicted molar refractivity (Wildman–Crippen MR) is 95.8 cm³/mol. The van der Waals surface area contributed by atoms with Gasteiger partial charge in [-0.25, -0.2) is 0 Å². The topological polar surface area (TPSA) is 80.4 Å². The first-order valence-corrected chi connectivity index (χ1v) is 8.86. The normalized spacial score (nSPS) is 13.8. The van der Waals surface area contributed by atoms with Crippen LogP contribution in [0.3, 0.4) is 0 Å². The molecule has 2 rings (SSSR count). The number of nitro groups is 1. The van der Waals surface area contributed by atoms with Crippen molar-refractivity contribution in [3.8, 4) is 0 Å². The first-order chi connectivity index (χ1) is 12.6. The maximum Gasteiger partial charge on any atom is 0.398 e. The summed E-state index contributed by atoms with van der Waals surface area (Å²) in [5.41, 5.74) is 0.234. The van der Waals surface area contributed by atoms with Crippen molar-refractivity contribution in [2.24, 2.45) is 0 Å². The van der Waals surface area contributed by atoms with Gasteiger partial charge in [-0.15, -0.1) is 0 Å². The zero-order chi connectivity index (χ0) is 20.2. The second-order valence-electron chi connectivity index (χ2n) is 5.55. The van der Waals surface area contributed by atoms with Crippen LogP contribution in [0.15, 0.2) is 48.5 Å². The van der Waals surface area contributed by atoms with Crippen LogP contribution in [0, 0.1) is 10.1 Å². The lowest BCUT2D eigenvalue weighted by atomic mass is 9.90. The Kier molecular flexibility index (Phi) is 6.85. The average Bonchev–Trinajstić information content (AvgIpc) is 2.61. The van der Waals surface area contributed by atoms with Gasteiger partial charge in [-0.2, -0.15) is 13.2 Å². The maximum atomic E-state index is 12.5. The molecule has 27 heavy (non-hydrogen) atoms. The van der Waals surface area contributed by atoms with E-state index in [9.17, 15) is 33.2 Å². The van der Waals surface area contributed by atoms with E-state index >= 15 is 0 Å². The fourth-order valence-corrected chi connectivity index (χ4v) is 3.22. The minimum absolute atomic E-state index is 0.0564. The monoisotopic (exact) mass is 419 g/mol. The van der Waals surface area contributed by atoms with Crippen LogP contribution in [0.4, 0.5) is 18.9 Å². The SMILES string of the molecule is O=C(SCC(F)(F)F)C(c1ccc(Cl)cc1)C(O)c1ccc([N+](=O)[O-])cc1. The molecule has 0 saturated carbocycles. The lowest BCUT2D eigenvalue weighted by Crippen LogP contribution is -2.21. The molecule has 144 valence electrons. The van der Waals surface area contributed by atoms with Crippen LogP contribution in [-0.4, -0.2) is 27.1 Å². The van der Waals surface area contributed by atoms with E-state index in [1.807, 2.05) is 0 Å². The Labute approximate surface area is 161 Å². The van der Waals surface area contributed by atoms with Crippen molar-refractivity contribution in [3.05, 3.63) is 74.8 Å². The molecule has 1 N–H and O–H groups in total. The standard InChI is InChI=1S/C17H13ClF3NO4S/c18-12-5-1-10(2-6-12)14(16(24)27-9-17(19,20)21)15(23)11-3-7-13(8-4-11)22(25)26/h1-8,14-15,23H,9H2. The fourth-order valence-electron chi connectivity index (χ4n) is 2.35. The molecule has 0 aliphatic carbocycles. The quantitative estimate of drug-likeness (QED) is 0.532. The zero-order valence-corrected chi connectivity index (χ0v) is 15.1. The number of aliphatic hydroxyl groups is 1. The van der Waals surface area contributed by atoms with Gasteiger partial charge in [0, 0.05) is 17.2 Å². The summed E-state index contributed by atoms with van der Waals surface area (Å²) in [5, 5.41) is 20.8.